The van der Waals surface area contributed by atoms with Crippen LogP contribution in [-0.2, 0) is 16.1 Å². The van der Waals surface area contributed by atoms with E-state index >= 15 is 0 Å². The fraction of sp³-hybridized carbons (Fsp3) is 0.579. The molecule has 1 atom stereocenters. The van der Waals surface area contributed by atoms with E-state index in [1.807, 2.05) is 36.0 Å². The van der Waals surface area contributed by atoms with Gasteiger partial charge in [0.2, 0.25) is 11.8 Å². The summed E-state index contributed by atoms with van der Waals surface area (Å²) in [5, 5.41) is 9.37. The average Bonchev–Trinajstić information content (AvgIpc) is 3.16. The van der Waals surface area contributed by atoms with E-state index in [9.17, 15) is 9.59 Å². The van der Waals surface area contributed by atoms with E-state index < -0.39 is 0 Å². The first kappa shape index (κ1) is 21.1. The maximum atomic E-state index is 12.2. The summed E-state index contributed by atoms with van der Waals surface area (Å²) in [5.41, 5.74) is 1.82. The van der Waals surface area contributed by atoms with Gasteiger partial charge in [0.25, 0.3) is 0 Å². The molecule has 2 aliphatic rings. The molecule has 1 aromatic rings. The lowest BCUT2D eigenvalue weighted by atomic mass is 10.1. The number of hydrogen-bond donors (Lipinski definition) is 3. The van der Waals surface area contributed by atoms with Crippen LogP contribution in [0.3, 0.4) is 0 Å². The smallest absolute Gasteiger partial charge is 0.227 e. The summed E-state index contributed by atoms with van der Waals surface area (Å²) in [6, 6.07) is 8.02. The number of halogens is 1. The van der Waals surface area contributed by atoms with Crippen LogP contribution in [0.25, 0.3) is 0 Å². The predicted octanol–water partition coefficient (Wildman–Crippen LogP) is 2.95. The summed E-state index contributed by atoms with van der Waals surface area (Å²) in [6.45, 7) is 1.47. The van der Waals surface area contributed by atoms with Gasteiger partial charge in [0.05, 0.1) is 0 Å². The molecule has 1 unspecified atom stereocenters. The molecule has 2 fully saturated rings. The van der Waals surface area contributed by atoms with Gasteiger partial charge in [0, 0.05) is 48.7 Å². The van der Waals surface area contributed by atoms with Gasteiger partial charge in [-0.3, -0.25) is 9.59 Å². The fourth-order valence-electron chi connectivity index (χ4n) is 3.44. The van der Waals surface area contributed by atoms with Crippen LogP contribution in [0.15, 0.2) is 24.3 Å². The first-order valence-corrected chi connectivity index (χ1v) is 10.3. The van der Waals surface area contributed by atoms with Crippen molar-refractivity contribution in [3.05, 3.63) is 29.8 Å². The number of nitrogens with one attached hydrogen (secondary N) is 3. The molecule has 1 saturated heterocycles. The monoisotopic (exact) mass is 397 g/mol. The maximum Gasteiger partial charge on any atom is 0.227 e. The molecule has 5 nitrogen and oxygen atoms in total. The SMILES string of the molecule is Cl.O=C(CC1CSCCN1)NCc1cccc(NC(=O)C2CCCC2)c1. The highest BCUT2D eigenvalue weighted by Crippen LogP contribution is 2.26. The molecule has 3 rings (SSSR count). The molecule has 0 radical (unpaired) electrons. The van der Waals surface area contributed by atoms with Crippen LogP contribution in [0.2, 0.25) is 0 Å². The summed E-state index contributed by atoms with van der Waals surface area (Å²) in [6.07, 6.45) is 4.81. The lowest BCUT2D eigenvalue weighted by molar-refractivity contribution is -0.122. The van der Waals surface area contributed by atoms with Gasteiger partial charge in [-0.25, -0.2) is 0 Å². The molecule has 1 aliphatic heterocycles. The van der Waals surface area contributed by atoms with Gasteiger partial charge in [0.15, 0.2) is 0 Å². The van der Waals surface area contributed by atoms with Crippen molar-refractivity contribution in [2.75, 3.05) is 23.4 Å². The Labute approximate surface area is 165 Å². The van der Waals surface area contributed by atoms with Crippen LogP contribution in [0, 0.1) is 5.92 Å². The summed E-state index contributed by atoms with van der Waals surface area (Å²) in [5.74, 6) is 2.47. The van der Waals surface area contributed by atoms with Crippen LogP contribution in [0.4, 0.5) is 5.69 Å². The van der Waals surface area contributed by atoms with E-state index in [-0.39, 0.29) is 36.2 Å². The Morgan fingerprint density at radius 2 is 2.04 bits per heavy atom. The highest BCUT2D eigenvalue weighted by atomic mass is 35.5. The number of rotatable bonds is 6. The lowest BCUT2D eigenvalue weighted by Crippen LogP contribution is -2.41. The quantitative estimate of drug-likeness (QED) is 0.690. The number of carbonyl (C=O) groups is 2. The molecular formula is C19H28ClN3O2S. The second kappa shape index (κ2) is 10.8. The zero-order valence-corrected chi connectivity index (χ0v) is 16.6. The third kappa shape index (κ3) is 6.49. The molecule has 3 N–H and O–H groups in total. The third-order valence-corrected chi connectivity index (χ3v) is 5.97. The van der Waals surface area contributed by atoms with Gasteiger partial charge >= 0.3 is 0 Å². The summed E-state index contributed by atoms with van der Waals surface area (Å²) >= 11 is 1.89. The summed E-state index contributed by atoms with van der Waals surface area (Å²) < 4.78 is 0. The Morgan fingerprint density at radius 1 is 1.23 bits per heavy atom. The number of carbonyl (C=O) groups excluding carboxylic acids is 2. The molecule has 1 heterocycles. The Hall–Kier alpha value is -1.24. The van der Waals surface area contributed by atoms with Crippen molar-refractivity contribution < 1.29 is 9.59 Å². The molecule has 7 heteroatoms. The minimum Gasteiger partial charge on any atom is -0.352 e. The predicted molar refractivity (Wildman–Crippen MR) is 110 cm³/mol. The van der Waals surface area contributed by atoms with Crippen molar-refractivity contribution in [3.63, 3.8) is 0 Å². The molecule has 144 valence electrons. The minimum absolute atomic E-state index is 0. The molecule has 1 aromatic carbocycles. The number of benzene rings is 1. The van der Waals surface area contributed by atoms with Gasteiger partial charge < -0.3 is 16.0 Å². The van der Waals surface area contributed by atoms with Crippen LogP contribution < -0.4 is 16.0 Å². The third-order valence-electron chi connectivity index (χ3n) is 4.84. The second-order valence-corrected chi connectivity index (χ2v) is 8.03. The van der Waals surface area contributed by atoms with E-state index in [2.05, 4.69) is 16.0 Å². The van der Waals surface area contributed by atoms with Gasteiger partial charge in [-0.1, -0.05) is 25.0 Å². The van der Waals surface area contributed by atoms with Crippen molar-refractivity contribution in [2.24, 2.45) is 5.92 Å². The van der Waals surface area contributed by atoms with E-state index in [0.717, 1.165) is 55.0 Å². The van der Waals surface area contributed by atoms with Crippen molar-refractivity contribution in [1.82, 2.24) is 10.6 Å². The molecule has 0 spiro atoms. The van der Waals surface area contributed by atoms with Crippen LogP contribution >= 0.6 is 24.2 Å². The molecule has 2 amide bonds. The van der Waals surface area contributed by atoms with Crippen molar-refractivity contribution in [2.45, 2.75) is 44.7 Å². The topological polar surface area (TPSA) is 70.2 Å². The van der Waals surface area contributed by atoms with E-state index in [0.29, 0.717) is 13.0 Å². The summed E-state index contributed by atoms with van der Waals surface area (Å²) in [4.78, 5) is 24.3. The molecule has 1 saturated carbocycles. The van der Waals surface area contributed by atoms with Gasteiger partial charge in [-0.15, -0.1) is 12.4 Å². The normalized spacial score (nSPS) is 20.2. The first-order valence-electron chi connectivity index (χ1n) is 9.18. The number of amides is 2. The fourth-order valence-corrected chi connectivity index (χ4v) is 4.39. The Bertz CT molecular complexity index is 602. The van der Waals surface area contributed by atoms with E-state index in [4.69, 9.17) is 0 Å². The minimum atomic E-state index is 0. The van der Waals surface area contributed by atoms with Crippen molar-refractivity contribution in [1.29, 1.82) is 0 Å². The zero-order chi connectivity index (χ0) is 17.5. The van der Waals surface area contributed by atoms with Crippen molar-refractivity contribution in [3.8, 4) is 0 Å². The zero-order valence-electron chi connectivity index (χ0n) is 15.0. The molecule has 1 aliphatic carbocycles. The number of anilines is 1. The Morgan fingerprint density at radius 3 is 2.77 bits per heavy atom. The van der Waals surface area contributed by atoms with Crippen LogP contribution in [0.1, 0.15) is 37.7 Å². The maximum absolute atomic E-state index is 12.2. The van der Waals surface area contributed by atoms with Gasteiger partial charge in [-0.05, 0) is 30.5 Å². The van der Waals surface area contributed by atoms with Gasteiger partial charge in [-0.2, -0.15) is 11.8 Å². The highest BCUT2D eigenvalue weighted by Gasteiger charge is 2.22. The number of thioether (sulfide) groups is 1. The molecular weight excluding hydrogens is 370 g/mol. The van der Waals surface area contributed by atoms with Crippen LogP contribution in [-0.4, -0.2) is 35.9 Å². The molecule has 0 aromatic heterocycles. The Balaban J connectivity index is 0.00000243. The van der Waals surface area contributed by atoms with Crippen LogP contribution in [0.5, 0.6) is 0 Å². The summed E-state index contributed by atoms with van der Waals surface area (Å²) in [7, 11) is 0. The largest absolute Gasteiger partial charge is 0.352 e. The highest BCUT2D eigenvalue weighted by molar-refractivity contribution is 7.99. The number of hydrogen-bond acceptors (Lipinski definition) is 4. The average molecular weight is 398 g/mol. The van der Waals surface area contributed by atoms with Gasteiger partial charge in [0.1, 0.15) is 0 Å². The first-order chi connectivity index (χ1) is 12.2. The molecule has 0 bridgehead atoms. The standard InChI is InChI=1S/C19H27N3O2S.ClH/c23-18(11-17-13-25-9-8-20-17)21-12-14-4-3-7-16(10-14)22-19(24)15-5-1-2-6-15;/h3-4,7,10,15,17,20H,1-2,5-6,8-9,11-13H2,(H,21,23)(H,22,24);1H. The van der Waals surface area contributed by atoms with E-state index in [1.165, 1.54) is 0 Å². The Kier molecular flexibility index (Phi) is 8.75. The lowest BCUT2D eigenvalue weighted by Gasteiger charge is -2.22. The van der Waals surface area contributed by atoms with E-state index in [1.54, 1.807) is 0 Å². The van der Waals surface area contributed by atoms with Crippen molar-refractivity contribution >= 4 is 41.7 Å². The second-order valence-electron chi connectivity index (χ2n) is 6.88. The molecule has 26 heavy (non-hydrogen) atoms.